The van der Waals surface area contributed by atoms with Crippen molar-refractivity contribution in [3.63, 3.8) is 0 Å². The van der Waals surface area contributed by atoms with Crippen LogP contribution >= 0.6 is 0 Å². The molecule has 4 saturated heterocycles. The molecule has 4 fully saturated rings. The number of rotatable bonds is 4. The molecule has 6 rings (SSSR count). The fourth-order valence-electron chi connectivity index (χ4n) is 5.26. The Morgan fingerprint density at radius 1 is 0.375 bits per heavy atom. The Morgan fingerprint density at radius 3 is 1.02 bits per heavy atom. The molecule has 0 saturated carbocycles. The van der Waals surface area contributed by atoms with Crippen LogP contribution in [-0.2, 0) is 18.9 Å². The van der Waals surface area contributed by atoms with Gasteiger partial charge in [-0.25, -0.2) is 47.7 Å². The SMILES string of the molecule is C1CCOC1.C1CCOC1.C1CCOC1.C1CCOC1.C[Si](C)(C)c1cc[cH-]cc([Si](C)(C)C)[cH-]c1.C[Si](C)(C)c1ccc[cH-]c([Si](C)(C)C)c[cH-]1.[Li+].[Li+].[Li+].[Li+]. The average Bonchev–Trinajstić information content (AvgIpc) is 3.86. The second-order valence-electron chi connectivity index (χ2n) is 18.2. The van der Waals surface area contributed by atoms with Crippen LogP contribution in [-0.4, -0.2) is 85.2 Å². The van der Waals surface area contributed by atoms with Gasteiger partial charge in [0.2, 0.25) is 0 Å². The third-order valence-corrected chi connectivity index (χ3v) is 17.2. The summed E-state index contributed by atoms with van der Waals surface area (Å²) < 4.78 is 19.8. The van der Waals surface area contributed by atoms with Gasteiger partial charge in [-0.2, -0.15) is 23.4 Å². The van der Waals surface area contributed by atoms with Crippen LogP contribution in [0.3, 0.4) is 0 Å². The Hall–Kier alpha value is 1.02. The second kappa shape index (κ2) is 35.6. The predicted octanol–water partition coefficient (Wildman–Crippen LogP) is -2.12. The molecule has 0 radical (unpaired) electrons. The van der Waals surface area contributed by atoms with Gasteiger partial charge in [0.1, 0.15) is 0 Å². The van der Waals surface area contributed by atoms with E-state index in [9.17, 15) is 0 Å². The molecule has 4 nitrogen and oxygen atoms in total. The largest absolute Gasteiger partial charge is 1.00 e. The number of ether oxygens (including phenoxy) is 4. The summed E-state index contributed by atoms with van der Waals surface area (Å²) in [6.07, 6.45) is 10.2. The average molecular weight is 813 g/mol. The first-order valence-corrected chi connectivity index (χ1v) is 34.3. The minimum absolute atomic E-state index is 0. The van der Waals surface area contributed by atoms with E-state index in [-0.39, 0.29) is 75.4 Å². The van der Waals surface area contributed by atoms with Gasteiger partial charge in [-0.15, -0.1) is 0 Å². The van der Waals surface area contributed by atoms with Gasteiger partial charge in [0.05, 0.1) is 0 Å². The van der Waals surface area contributed by atoms with E-state index in [1.54, 1.807) is 0 Å². The van der Waals surface area contributed by atoms with Crippen LogP contribution in [0, 0.1) is 0 Å². The second-order valence-corrected chi connectivity index (χ2v) is 38.5. The van der Waals surface area contributed by atoms with Crippen molar-refractivity contribution in [2.24, 2.45) is 0 Å². The summed E-state index contributed by atoms with van der Waals surface area (Å²) in [6.45, 7) is 36.8. The van der Waals surface area contributed by atoms with Crippen molar-refractivity contribution < 1.29 is 94.4 Å². The van der Waals surface area contributed by atoms with Crippen LogP contribution in [0.4, 0.5) is 0 Å². The molecule has 0 spiro atoms. The maximum atomic E-state index is 4.94. The van der Waals surface area contributed by atoms with Gasteiger partial charge in [0, 0.05) is 69.0 Å². The first-order chi connectivity index (χ1) is 24.4. The van der Waals surface area contributed by atoms with Gasteiger partial charge in [0.25, 0.3) is 0 Å². The Morgan fingerprint density at radius 2 is 0.714 bits per heavy atom. The van der Waals surface area contributed by atoms with Gasteiger partial charge in [0.15, 0.2) is 0 Å². The molecule has 0 N–H and O–H groups in total. The summed E-state index contributed by atoms with van der Waals surface area (Å²) in [5.41, 5.74) is 0. The quantitative estimate of drug-likeness (QED) is 0.262. The maximum absolute atomic E-state index is 4.94. The van der Waals surface area contributed by atoms with Crippen LogP contribution in [0.1, 0.15) is 51.4 Å². The van der Waals surface area contributed by atoms with Gasteiger partial charge in [-0.1, -0.05) is 78.6 Å². The van der Waals surface area contributed by atoms with Crippen LogP contribution in [0.2, 0.25) is 78.6 Å². The standard InChI is InChI=1S/2C14H24Si2.4C4H8O.4Li/c2*1-15(2,3)13-9-7-8-10-14(12-11-13)16(4,5)6;4*1-2-4-5-3-1;;;;/h2*7-12H,1-6H3;4*1-4H2;;;;/q2*-2;;;;;4*+1. The molecular formula is C44H80Li4O4Si4. The van der Waals surface area contributed by atoms with Crippen molar-refractivity contribution in [1.29, 1.82) is 0 Å². The molecule has 4 aliphatic heterocycles. The summed E-state index contributed by atoms with van der Waals surface area (Å²) in [5.74, 6) is 0. The summed E-state index contributed by atoms with van der Waals surface area (Å²) in [6, 6.07) is 27.3. The Balaban J connectivity index is -0.000000310. The monoisotopic (exact) mass is 813 g/mol. The van der Waals surface area contributed by atoms with Crippen molar-refractivity contribution >= 4 is 53.0 Å². The summed E-state index contributed by atoms with van der Waals surface area (Å²) >= 11 is 0. The third kappa shape index (κ3) is 33.7. The van der Waals surface area contributed by atoms with E-state index >= 15 is 0 Å². The molecule has 0 aromatic heterocycles. The van der Waals surface area contributed by atoms with Crippen molar-refractivity contribution in [3.05, 3.63) is 72.8 Å². The van der Waals surface area contributed by atoms with Gasteiger partial charge < -0.3 is 18.9 Å². The maximum Gasteiger partial charge on any atom is 1.00 e. The van der Waals surface area contributed by atoms with Gasteiger partial charge >= 0.3 is 75.4 Å². The van der Waals surface area contributed by atoms with Gasteiger partial charge in [-0.05, 0) is 67.5 Å². The molecule has 56 heavy (non-hydrogen) atoms. The summed E-state index contributed by atoms with van der Waals surface area (Å²) in [7, 11) is -4.75. The van der Waals surface area contributed by atoms with Crippen molar-refractivity contribution in [3.8, 4) is 0 Å². The van der Waals surface area contributed by atoms with Crippen molar-refractivity contribution in [2.45, 2.75) is 130 Å². The first kappa shape index (κ1) is 63.7. The first-order valence-electron chi connectivity index (χ1n) is 20.3. The topological polar surface area (TPSA) is 36.9 Å². The predicted molar refractivity (Wildman–Crippen MR) is 243 cm³/mol. The molecule has 0 amide bonds. The molecule has 2 aromatic carbocycles. The van der Waals surface area contributed by atoms with E-state index in [2.05, 4.69) is 151 Å². The van der Waals surface area contributed by atoms with Crippen LogP contribution in [0.25, 0.3) is 0 Å². The zero-order valence-electron chi connectivity index (χ0n) is 39.9. The zero-order chi connectivity index (χ0) is 38.9. The van der Waals surface area contributed by atoms with E-state index in [0.29, 0.717) is 0 Å². The fraction of sp³-hybridized carbons (Fsp3) is 0.636. The van der Waals surface area contributed by atoms with Crippen LogP contribution < -0.4 is 96.2 Å². The van der Waals surface area contributed by atoms with E-state index < -0.39 is 32.3 Å². The zero-order valence-corrected chi connectivity index (χ0v) is 43.9. The Labute approximate surface area is 399 Å². The van der Waals surface area contributed by atoms with Crippen molar-refractivity contribution in [2.75, 3.05) is 52.9 Å². The third-order valence-electron chi connectivity index (χ3n) is 8.98. The van der Waals surface area contributed by atoms with E-state index in [0.717, 1.165) is 52.9 Å². The molecule has 4 heterocycles. The molecule has 0 atom stereocenters. The van der Waals surface area contributed by atoms with Gasteiger partial charge in [-0.3, -0.25) is 22.5 Å². The smallest absolute Gasteiger partial charge is 0.381 e. The number of hydrogen-bond donors (Lipinski definition) is 0. The Kier molecular flexibility index (Phi) is 40.5. The summed E-state index contributed by atoms with van der Waals surface area (Å²) in [5, 5.41) is 6.14. The van der Waals surface area contributed by atoms with Crippen LogP contribution in [0.15, 0.2) is 72.8 Å². The molecule has 2 aromatic rings. The molecule has 300 valence electrons. The molecule has 12 heteroatoms. The molecule has 0 bridgehead atoms. The fourth-order valence-corrected chi connectivity index (χ4v) is 9.98. The molecule has 0 aliphatic carbocycles. The molecule has 4 aliphatic rings. The minimum atomic E-state index is -1.19. The van der Waals surface area contributed by atoms with Crippen LogP contribution in [0.5, 0.6) is 0 Å². The normalized spacial score (nSPS) is 15.6. The Bertz CT molecular complexity index is 1040. The molecule has 0 unspecified atom stereocenters. The van der Waals surface area contributed by atoms with Crippen molar-refractivity contribution in [1.82, 2.24) is 0 Å². The summed E-state index contributed by atoms with van der Waals surface area (Å²) in [4.78, 5) is 0. The van der Waals surface area contributed by atoms with E-state index in [4.69, 9.17) is 18.9 Å². The minimum Gasteiger partial charge on any atom is -0.381 e. The number of hydrogen-bond acceptors (Lipinski definition) is 4. The molecular weight excluding hydrogens is 733 g/mol. The van der Waals surface area contributed by atoms with E-state index in [1.807, 2.05) is 0 Å². The van der Waals surface area contributed by atoms with E-state index in [1.165, 1.54) is 72.1 Å².